The minimum Gasteiger partial charge on any atom is -0.478 e. The molecule has 0 saturated heterocycles. The van der Waals surface area contributed by atoms with Crippen LogP contribution in [0.25, 0.3) is 23.0 Å². The first-order valence-corrected chi connectivity index (χ1v) is 8.79. The average Bonchev–Trinajstić information content (AvgIpc) is 3.09. The molecular formula is C20H11ClF6N2O2. The zero-order valence-electron chi connectivity index (χ0n) is 15.2. The van der Waals surface area contributed by atoms with E-state index >= 15 is 0 Å². The van der Waals surface area contributed by atoms with Crippen LogP contribution in [-0.4, -0.2) is 20.9 Å². The van der Waals surface area contributed by atoms with Crippen molar-refractivity contribution in [3.8, 4) is 16.9 Å². The Morgan fingerprint density at radius 1 is 1.00 bits per heavy atom. The summed E-state index contributed by atoms with van der Waals surface area (Å²) in [5.74, 6) is -1.30. The highest BCUT2D eigenvalue weighted by Crippen LogP contribution is 2.37. The van der Waals surface area contributed by atoms with Crippen molar-refractivity contribution in [3.05, 3.63) is 76.5 Å². The van der Waals surface area contributed by atoms with E-state index in [1.165, 1.54) is 6.07 Å². The Kier molecular flexibility index (Phi) is 5.86. The van der Waals surface area contributed by atoms with Crippen molar-refractivity contribution in [1.29, 1.82) is 0 Å². The van der Waals surface area contributed by atoms with Gasteiger partial charge in [0.15, 0.2) is 0 Å². The van der Waals surface area contributed by atoms with Crippen molar-refractivity contribution in [2.45, 2.75) is 12.4 Å². The summed E-state index contributed by atoms with van der Waals surface area (Å²) in [7, 11) is 0. The van der Waals surface area contributed by atoms with Crippen molar-refractivity contribution in [2.24, 2.45) is 0 Å². The van der Waals surface area contributed by atoms with Crippen LogP contribution in [0.2, 0.25) is 5.02 Å². The number of carboxylic acids is 1. The Balaban J connectivity index is 2.23. The molecule has 0 spiro atoms. The molecular weight excluding hydrogens is 450 g/mol. The normalized spacial score (nSPS) is 12.5. The van der Waals surface area contributed by atoms with E-state index < -0.39 is 35.1 Å². The van der Waals surface area contributed by atoms with Crippen molar-refractivity contribution >= 4 is 23.6 Å². The summed E-state index contributed by atoms with van der Waals surface area (Å²) in [6.07, 6.45) is -7.02. The highest BCUT2D eigenvalue weighted by Gasteiger charge is 2.37. The standard InChI is InChI=1S/C20H11ClF6N2O2/c21-15-3-1-2-11(6-15)18-12(4-5-17(30)31)10-29(28-18)16-8-13(19(22,23)24)7-14(9-16)20(25,26)27/h1-10H,(H,30,31). The van der Waals surface area contributed by atoms with Crippen molar-refractivity contribution in [2.75, 3.05) is 0 Å². The second-order valence-electron chi connectivity index (χ2n) is 6.32. The molecule has 0 atom stereocenters. The van der Waals surface area contributed by atoms with Gasteiger partial charge in [0.25, 0.3) is 0 Å². The molecule has 0 amide bonds. The van der Waals surface area contributed by atoms with Crippen LogP contribution in [0.5, 0.6) is 0 Å². The van der Waals surface area contributed by atoms with Gasteiger partial charge in [-0.1, -0.05) is 23.7 Å². The quantitative estimate of drug-likeness (QED) is 0.366. The van der Waals surface area contributed by atoms with Crippen molar-refractivity contribution in [1.82, 2.24) is 9.78 Å². The summed E-state index contributed by atoms with van der Waals surface area (Å²) >= 11 is 5.94. The Hall–Kier alpha value is -3.27. The first kappa shape index (κ1) is 22.4. The van der Waals surface area contributed by atoms with Crippen LogP contribution in [0.1, 0.15) is 16.7 Å². The molecule has 162 valence electrons. The monoisotopic (exact) mass is 460 g/mol. The van der Waals surface area contributed by atoms with Gasteiger partial charge in [0.05, 0.1) is 16.8 Å². The van der Waals surface area contributed by atoms with Gasteiger partial charge in [-0.15, -0.1) is 0 Å². The molecule has 11 heteroatoms. The second kappa shape index (κ2) is 8.10. The number of carboxylic acid groups (broad SMARTS) is 1. The van der Waals surface area contributed by atoms with Crippen molar-refractivity contribution < 1.29 is 36.2 Å². The third kappa shape index (κ3) is 5.26. The van der Waals surface area contributed by atoms with Crippen LogP contribution in [0.15, 0.2) is 54.7 Å². The number of aliphatic carboxylic acids is 1. The van der Waals surface area contributed by atoms with Gasteiger partial charge >= 0.3 is 18.3 Å². The van der Waals surface area contributed by atoms with Gasteiger partial charge in [0.1, 0.15) is 5.69 Å². The number of carbonyl (C=O) groups is 1. The first-order valence-electron chi connectivity index (χ1n) is 8.41. The van der Waals surface area contributed by atoms with Gasteiger partial charge in [-0.3, -0.25) is 0 Å². The fraction of sp³-hybridized carbons (Fsp3) is 0.100. The van der Waals surface area contributed by atoms with E-state index in [9.17, 15) is 31.1 Å². The van der Waals surface area contributed by atoms with E-state index in [1.54, 1.807) is 18.2 Å². The van der Waals surface area contributed by atoms with Crippen LogP contribution < -0.4 is 0 Å². The average molecular weight is 461 g/mol. The molecule has 1 aromatic heterocycles. The topological polar surface area (TPSA) is 55.1 Å². The third-order valence-electron chi connectivity index (χ3n) is 4.08. The summed E-state index contributed by atoms with van der Waals surface area (Å²) in [6, 6.07) is 7.20. The summed E-state index contributed by atoms with van der Waals surface area (Å²) in [6.45, 7) is 0. The number of rotatable bonds is 4. The Morgan fingerprint density at radius 3 is 2.13 bits per heavy atom. The highest BCUT2D eigenvalue weighted by atomic mass is 35.5. The second-order valence-corrected chi connectivity index (χ2v) is 6.76. The summed E-state index contributed by atoms with van der Waals surface area (Å²) < 4.78 is 79.8. The lowest BCUT2D eigenvalue weighted by molar-refractivity contribution is -0.143. The lowest BCUT2D eigenvalue weighted by Gasteiger charge is -2.14. The van der Waals surface area contributed by atoms with Gasteiger partial charge in [-0.05, 0) is 36.4 Å². The Morgan fingerprint density at radius 2 is 1.61 bits per heavy atom. The summed E-state index contributed by atoms with van der Waals surface area (Å²) in [4.78, 5) is 10.9. The van der Waals surface area contributed by atoms with E-state index in [1.807, 2.05) is 0 Å². The van der Waals surface area contributed by atoms with E-state index in [0.717, 1.165) is 23.0 Å². The smallest absolute Gasteiger partial charge is 0.416 e. The molecule has 0 radical (unpaired) electrons. The lowest BCUT2D eigenvalue weighted by atomic mass is 10.1. The van der Waals surface area contributed by atoms with Gasteiger partial charge in [-0.2, -0.15) is 31.4 Å². The van der Waals surface area contributed by atoms with E-state index in [0.29, 0.717) is 22.7 Å². The number of hydrogen-bond acceptors (Lipinski definition) is 2. The first-order chi connectivity index (χ1) is 14.3. The molecule has 3 rings (SSSR count). The molecule has 3 aromatic rings. The number of nitrogens with zero attached hydrogens (tertiary/aromatic N) is 2. The molecule has 1 N–H and O–H groups in total. The van der Waals surface area contributed by atoms with Crippen LogP contribution in [0.3, 0.4) is 0 Å². The van der Waals surface area contributed by atoms with Crippen LogP contribution in [0.4, 0.5) is 26.3 Å². The summed E-state index contributed by atoms with van der Waals surface area (Å²) in [5.41, 5.74) is -2.85. The zero-order valence-corrected chi connectivity index (χ0v) is 15.9. The summed E-state index contributed by atoms with van der Waals surface area (Å²) in [5, 5.41) is 13.3. The fourth-order valence-electron chi connectivity index (χ4n) is 2.73. The minimum atomic E-state index is -5.02. The molecule has 0 aliphatic rings. The predicted octanol–water partition coefficient (Wildman–Crippen LogP) is 6.33. The van der Waals surface area contributed by atoms with Gasteiger partial charge in [0.2, 0.25) is 0 Å². The maximum absolute atomic E-state index is 13.2. The molecule has 31 heavy (non-hydrogen) atoms. The van der Waals surface area contributed by atoms with E-state index in [4.69, 9.17) is 16.7 Å². The van der Waals surface area contributed by atoms with Gasteiger partial charge in [-0.25, -0.2) is 9.48 Å². The SMILES string of the molecule is O=C(O)C=Cc1cn(-c2cc(C(F)(F)F)cc(C(F)(F)F)c2)nc1-c1cccc(Cl)c1. The van der Waals surface area contributed by atoms with Gasteiger partial charge in [0, 0.05) is 28.4 Å². The molecule has 2 aromatic carbocycles. The molecule has 0 unspecified atom stereocenters. The minimum absolute atomic E-state index is 0.0100. The van der Waals surface area contributed by atoms with Crippen LogP contribution in [-0.2, 0) is 17.1 Å². The number of alkyl halides is 6. The Labute approximate surface area is 176 Å². The number of hydrogen-bond donors (Lipinski definition) is 1. The van der Waals surface area contributed by atoms with Crippen molar-refractivity contribution in [3.63, 3.8) is 0 Å². The van der Waals surface area contributed by atoms with Crippen LogP contribution in [0, 0.1) is 0 Å². The zero-order chi connectivity index (χ0) is 23.0. The van der Waals surface area contributed by atoms with E-state index in [2.05, 4.69) is 5.10 Å². The number of aromatic nitrogens is 2. The number of benzene rings is 2. The molecule has 4 nitrogen and oxygen atoms in total. The third-order valence-corrected chi connectivity index (χ3v) is 4.32. The highest BCUT2D eigenvalue weighted by molar-refractivity contribution is 6.30. The molecule has 0 bridgehead atoms. The Bertz CT molecular complexity index is 1130. The maximum Gasteiger partial charge on any atom is 0.416 e. The number of halogens is 7. The maximum atomic E-state index is 13.2. The molecule has 0 aliphatic heterocycles. The van der Waals surface area contributed by atoms with E-state index in [-0.39, 0.29) is 17.3 Å². The molecule has 0 saturated carbocycles. The lowest BCUT2D eigenvalue weighted by Crippen LogP contribution is -2.12. The molecule has 1 heterocycles. The largest absolute Gasteiger partial charge is 0.478 e. The van der Waals surface area contributed by atoms with Crippen LogP contribution >= 0.6 is 11.6 Å². The predicted molar refractivity (Wildman–Crippen MR) is 101 cm³/mol. The fourth-order valence-corrected chi connectivity index (χ4v) is 2.92. The molecule has 0 aliphatic carbocycles. The van der Waals surface area contributed by atoms with Gasteiger partial charge < -0.3 is 5.11 Å². The molecule has 0 fully saturated rings.